The van der Waals surface area contributed by atoms with Crippen LogP contribution in [0.25, 0.3) is 0 Å². The van der Waals surface area contributed by atoms with E-state index in [2.05, 4.69) is 29.8 Å². The van der Waals surface area contributed by atoms with Crippen molar-refractivity contribution in [2.24, 2.45) is 5.92 Å². The summed E-state index contributed by atoms with van der Waals surface area (Å²) in [7, 11) is 1.58. The first-order valence-corrected chi connectivity index (χ1v) is 8.89. The van der Waals surface area contributed by atoms with E-state index < -0.39 is 0 Å². The zero-order valence-corrected chi connectivity index (χ0v) is 15.9. The van der Waals surface area contributed by atoms with Gasteiger partial charge in [-0.1, -0.05) is 37.6 Å². The molecule has 0 aliphatic carbocycles. The summed E-state index contributed by atoms with van der Waals surface area (Å²) in [5.41, 5.74) is 2.29. The van der Waals surface area contributed by atoms with Crippen LogP contribution in [-0.4, -0.2) is 25.4 Å². The van der Waals surface area contributed by atoms with E-state index in [1.54, 1.807) is 31.3 Å². The van der Waals surface area contributed by atoms with Crippen LogP contribution < -0.4 is 16.0 Å². The summed E-state index contributed by atoms with van der Waals surface area (Å²) in [6.45, 7) is 4.38. The van der Waals surface area contributed by atoms with Gasteiger partial charge in [0.1, 0.15) is 0 Å². The molecule has 1 atom stereocenters. The van der Waals surface area contributed by atoms with Gasteiger partial charge in [-0.3, -0.25) is 9.59 Å². The molecule has 0 aliphatic rings. The van der Waals surface area contributed by atoms with Crippen LogP contribution in [0.1, 0.15) is 35.8 Å². The lowest BCUT2D eigenvalue weighted by Crippen LogP contribution is -2.33. The van der Waals surface area contributed by atoms with E-state index in [1.807, 2.05) is 24.3 Å². The smallest absolute Gasteiger partial charge is 0.251 e. The zero-order chi connectivity index (χ0) is 19.1. The number of carbonyl (C=O) groups is 2. The van der Waals surface area contributed by atoms with E-state index in [0.717, 1.165) is 5.56 Å². The lowest BCUT2D eigenvalue weighted by molar-refractivity contribution is -0.115. The molecule has 0 fully saturated rings. The van der Waals surface area contributed by atoms with Crippen molar-refractivity contribution in [3.63, 3.8) is 0 Å². The summed E-state index contributed by atoms with van der Waals surface area (Å²) in [5, 5.41) is 9.37. The van der Waals surface area contributed by atoms with Gasteiger partial charge in [-0.2, -0.15) is 0 Å². The second kappa shape index (κ2) is 9.36. The quantitative estimate of drug-likeness (QED) is 0.694. The minimum absolute atomic E-state index is 0.0497. The van der Waals surface area contributed by atoms with E-state index in [9.17, 15) is 9.59 Å². The molecular weight excluding hydrogens is 350 g/mol. The summed E-state index contributed by atoms with van der Waals surface area (Å²) < 4.78 is 0. The Morgan fingerprint density at radius 1 is 1.00 bits per heavy atom. The van der Waals surface area contributed by atoms with Gasteiger partial charge in [-0.25, -0.2) is 0 Å². The third kappa shape index (κ3) is 5.58. The Hall–Kier alpha value is -2.37. The summed E-state index contributed by atoms with van der Waals surface area (Å²) >= 11 is 5.94. The second-order valence-electron chi connectivity index (χ2n) is 6.36. The summed E-state index contributed by atoms with van der Waals surface area (Å²) in [6.07, 6.45) is 0. The SMILES string of the molecule is CNC(=O)c1ccc(NC(=O)CN[C@@H](c2ccc(Cl)cc2)C(C)C)cc1. The van der Waals surface area contributed by atoms with Crippen molar-refractivity contribution < 1.29 is 9.59 Å². The summed E-state index contributed by atoms with van der Waals surface area (Å²) in [5.74, 6) is 0.0143. The standard InChI is InChI=1S/C20H24ClN3O2/c1-13(2)19(14-4-8-16(21)9-5-14)23-12-18(25)24-17-10-6-15(7-11-17)20(26)22-3/h4-11,13,19,23H,12H2,1-3H3,(H,22,26)(H,24,25)/t19-/m1/s1. The number of anilines is 1. The molecule has 0 radical (unpaired) electrons. The van der Waals surface area contributed by atoms with Crippen molar-refractivity contribution in [3.8, 4) is 0 Å². The molecule has 0 heterocycles. The van der Waals surface area contributed by atoms with E-state index in [-0.39, 0.29) is 24.4 Å². The van der Waals surface area contributed by atoms with Crippen LogP contribution >= 0.6 is 11.6 Å². The van der Waals surface area contributed by atoms with Crippen LogP contribution in [0, 0.1) is 5.92 Å². The van der Waals surface area contributed by atoms with E-state index in [4.69, 9.17) is 11.6 Å². The molecule has 0 aromatic heterocycles. The van der Waals surface area contributed by atoms with Crippen LogP contribution in [0.4, 0.5) is 5.69 Å². The van der Waals surface area contributed by atoms with Gasteiger partial charge in [0.05, 0.1) is 6.54 Å². The number of amides is 2. The lowest BCUT2D eigenvalue weighted by Gasteiger charge is -2.23. The average molecular weight is 374 g/mol. The normalized spacial score (nSPS) is 11.9. The molecule has 2 rings (SSSR count). The number of nitrogens with one attached hydrogen (secondary N) is 3. The Morgan fingerprint density at radius 2 is 1.62 bits per heavy atom. The van der Waals surface area contributed by atoms with Crippen LogP contribution in [0.2, 0.25) is 5.02 Å². The number of halogens is 1. The van der Waals surface area contributed by atoms with Crippen molar-refractivity contribution in [2.75, 3.05) is 18.9 Å². The number of hydrogen-bond acceptors (Lipinski definition) is 3. The molecule has 0 saturated carbocycles. The number of rotatable bonds is 7. The fraction of sp³-hybridized carbons (Fsp3) is 0.300. The van der Waals surface area contributed by atoms with Gasteiger partial charge >= 0.3 is 0 Å². The summed E-state index contributed by atoms with van der Waals surface area (Å²) in [6, 6.07) is 14.4. The van der Waals surface area contributed by atoms with Gasteiger partial charge in [-0.15, -0.1) is 0 Å². The van der Waals surface area contributed by atoms with Crippen molar-refractivity contribution in [3.05, 3.63) is 64.7 Å². The molecule has 3 N–H and O–H groups in total. The highest BCUT2D eigenvalue weighted by atomic mass is 35.5. The van der Waals surface area contributed by atoms with Gasteiger partial charge < -0.3 is 16.0 Å². The third-order valence-corrected chi connectivity index (χ3v) is 4.29. The van der Waals surface area contributed by atoms with Gasteiger partial charge in [-0.05, 0) is 47.9 Å². The average Bonchev–Trinajstić information content (AvgIpc) is 2.63. The highest BCUT2D eigenvalue weighted by Crippen LogP contribution is 2.23. The third-order valence-electron chi connectivity index (χ3n) is 4.04. The first-order chi connectivity index (χ1) is 12.4. The van der Waals surface area contributed by atoms with Gasteiger partial charge in [0.15, 0.2) is 0 Å². The fourth-order valence-electron chi connectivity index (χ4n) is 2.67. The van der Waals surface area contributed by atoms with Crippen LogP contribution in [0.3, 0.4) is 0 Å². The lowest BCUT2D eigenvalue weighted by atomic mass is 9.96. The minimum Gasteiger partial charge on any atom is -0.355 e. The van der Waals surface area contributed by atoms with Crippen LogP contribution in [-0.2, 0) is 4.79 Å². The monoisotopic (exact) mass is 373 g/mol. The zero-order valence-electron chi connectivity index (χ0n) is 15.2. The van der Waals surface area contributed by atoms with Gasteiger partial charge in [0, 0.05) is 29.4 Å². The molecule has 6 heteroatoms. The number of carbonyl (C=O) groups excluding carboxylic acids is 2. The number of benzene rings is 2. The second-order valence-corrected chi connectivity index (χ2v) is 6.80. The van der Waals surface area contributed by atoms with Crippen molar-refractivity contribution in [1.82, 2.24) is 10.6 Å². The predicted molar refractivity (Wildman–Crippen MR) is 105 cm³/mol. The Morgan fingerprint density at radius 3 is 2.15 bits per heavy atom. The highest BCUT2D eigenvalue weighted by molar-refractivity contribution is 6.30. The molecule has 2 aromatic carbocycles. The maximum Gasteiger partial charge on any atom is 0.251 e. The fourth-order valence-corrected chi connectivity index (χ4v) is 2.79. The Labute approximate surface area is 159 Å². The molecule has 2 amide bonds. The Bertz CT molecular complexity index is 743. The summed E-state index contributed by atoms with van der Waals surface area (Å²) in [4.78, 5) is 23.8. The minimum atomic E-state index is -0.160. The van der Waals surface area contributed by atoms with Crippen molar-refractivity contribution >= 4 is 29.1 Å². The molecule has 0 spiro atoms. The van der Waals surface area contributed by atoms with Crippen molar-refractivity contribution in [2.45, 2.75) is 19.9 Å². The Kier molecular flexibility index (Phi) is 7.18. The predicted octanol–water partition coefficient (Wildman–Crippen LogP) is 3.63. The molecule has 0 bridgehead atoms. The van der Waals surface area contributed by atoms with Gasteiger partial charge in [0.25, 0.3) is 5.91 Å². The maximum absolute atomic E-state index is 12.2. The molecule has 138 valence electrons. The molecular formula is C20H24ClN3O2. The van der Waals surface area contributed by atoms with E-state index >= 15 is 0 Å². The molecule has 26 heavy (non-hydrogen) atoms. The maximum atomic E-state index is 12.2. The highest BCUT2D eigenvalue weighted by Gasteiger charge is 2.16. The van der Waals surface area contributed by atoms with Crippen LogP contribution in [0.15, 0.2) is 48.5 Å². The first kappa shape index (κ1) is 19.9. The number of hydrogen-bond donors (Lipinski definition) is 3. The van der Waals surface area contributed by atoms with E-state index in [1.165, 1.54) is 0 Å². The Balaban J connectivity index is 1.93. The molecule has 0 aliphatic heterocycles. The van der Waals surface area contributed by atoms with Crippen molar-refractivity contribution in [1.29, 1.82) is 0 Å². The largest absolute Gasteiger partial charge is 0.355 e. The molecule has 0 unspecified atom stereocenters. The van der Waals surface area contributed by atoms with Gasteiger partial charge in [0.2, 0.25) is 5.91 Å². The molecule has 2 aromatic rings. The molecule has 5 nitrogen and oxygen atoms in total. The molecule has 0 saturated heterocycles. The topological polar surface area (TPSA) is 70.2 Å². The first-order valence-electron chi connectivity index (χ1n) is 8.51. The van der Waals surface area contributed by atoms with E-state index in [0.29, 0.717) is 22.2 Å². The van der Waals surface area contributed by atoms with Crippen LogP contribution in [0.5, 0.6) is 0 Å².